The molecule has 0 radical (unpaired) electrons. The molecule has 1 aromatic rings. The summed E-state index contributed by atoms with van der Waals surface area (Å²) < 4.78 is 13.1. The zero-order valence-electron chi connectivity index (χ0n) is 14.0. The molecule has 128 valence electrons. The van der Waals surface area contributed by atoms with Crippen molar-refractivity contribution in [2.45, 2.75) is 57.7 Å². The van der Waals surface area contributed by atoms with Crippen LogP contribution in [0.5, 0.6) is 0 Å². The molecule has 1 saturated carbocycles. The van der Waals surface area contributed by atoms with Gasteiger partial charge in [-0.25, -0.2) is 4.39 Å². The van der Waals surface area contributed by atoms with Gasteiger partial charge in [-0.2, -0.15) is 0 Å². The molecular formula is C18H27FN2O2. The number of aliphatic carboxylic acids is 1. The summed E-state index contributed by atoms with van der Waals surface area (Å²) in [5.41, 5.74) is 1.03. The minimum Gasteiger partial charge on any atom is -0.480 e. The van der Waals surface area contributed by atoms with Crippen LogP contribution in [0.1, 0.15) is 38.7 Å². The van der Waals surface area contributed by atoms with Crippen molar-refractivity contribution in [3.63, 3.8) is 0 Å². The second-order valence-corrected chi connectivity index (χ2v) is 6.52. The third-order valence-electron chi connectivity index (χ3n) is 4.65. The molecule has 4 nitrogen and oxygen atoms in total. The first-order valence-electron chi connectivity index (χ1n) is 8.44. The van der Waals surface area contributed by atoms with Gasteiger partial charge in [0, 0.05) is 18.1 Å². The highest BCUT2D eigenvalue weighted by atomic mass is 19.1. The Kier molecular flexibility index (Phi) is 6.54. The van der Waals surface area contributed by atoms with Crippen LogP contribution in [0.3, 0.4) is 0 Å². The molecule has 0 spiro atoms. The maximum atomic E-state index is 13.1. The summed E-state index contributed by atoms with van der Waals surface area (Å²) in [7, 11) is 0. The highest BCUT2D eigenvalue weighted by Gasteiger charge is 2.34. The topological polar surface area (TPSA) is 52.6 Å². The van der Waals surface area contributed by atoms with Gasteiger partial charge in [0.2, 0.25) is 0 Å². The van der Waals surface area contributed by atoms with E-state index in [0.29, 0.717) is 18.1 Å². The van der Waals surface area contributed by atoms with Crippen LogP contribution in [0.25, 0.3) is 0 Å². The number of nitrogens with zero attached hydrogens (tertiary/aromatic N) is 1. The lowest BCUT2D eigenvalue weighted by Crippen LogP contribution is -2.55. The smallest absolute Gasteiger partial charge is 0.317 e. The number of likely N-dealkylation sites (N-methyl/N-ethyl adjacent to an activating group) is 1. The highest BCUT2D eigenvalue weighted by molar-refractivity contribution is 5.69. The number of nitrogens with one attached hydrogen (secondary N) is 1. The van der Waals surface area contributed by atoms with E-state index >= 15 is 0 Å². The van der Waals surface area contributed by atoms with Gasteiger partial charge in [-0.1, -0.05) is 19.1 Å². The van der Waals surface area contributed by atoms with E-state index in [4.69, 9.17) is 5.11 Å². The van der Waals surface area contributed by atoms with Crippen molar-refractivity contribution >= 4 is 5.97 Å². The fraction of sp³-hybridized carbons (Fsp3) is 0.611. The number of aryl methyl sites for hydroxylation is 1. The summed E-state index contributed by atoms with van der Waals surface area (Å²) in [6.07, 6.45) is 3.84. The third-order valence-corrected chi connectivity index (χ3v) is 4.65. The molecule has 1 unspecified atom stereocenters. The van der Waals surface area contributed by atoms with Crippen LogP contribution in [-0.2, 0) is 11.2 Å². The van der Waals surface area contributed by atoms with E-state index in [1.54, 1.807) is 12.1 Å². The zero-order valence-corrected chi connectivity index (χ0v) is 14.0. The molecule has 5 heteroatoms. The Morgan fingerprint density at radius 2 is 2.22 bits per heavy atom. The molecular weight excluding hydrogens is 295 g/mol. The summed E-state index contributed by atoms with van der Waals surface area (Å²) in [5.74, 6) is -0.935. The standard InChI is InChI=1S/C18H27FN2O2/c1-3-21(12-18(22)23)17-10-16(11-17)20-13(2)7-8-14-5-4-6-15(19)9-14/h4-6,9,13,16-17,20H,3,7-8,10-12H2,1-2H3,(H,22,23). The molecule has 1 aromatic carbocycles. The van der Waals surface area contributed by atoms with Crippen molar-refractivity contribution in [1.82, 2.24) is 10.2 Å². The molecule has 0 heterocycles. The van der Waals surface area contributed by atoms with Crippen molar-refractivity contribution < 1.29 is 14.3 Å². The Bertz CT molecular complexity index is 517. The highest BCUT2D eigenvalue weighted by Crippen LogP contribution is 2.26. The molecule has 1 aliphatic carbocycles. The Morgan fingerprint density at radius 3 is 2.83 bits per heavy atom. The summed E-state index contributed by atoms with van der Waals surface area (Å²) in [4.78, 5) is 12.9. The molecule has 1 fully saturated rings. The summed E-state index contributed by atoms with van der Waals surface area (Å²) in [6.45, 7) is 5.06. The van der Waals surface area contributed by atoms with Crippen molar-refractivity contribution in [3.05, 3.63) is 35.6 Å². The largest absolute Gasteiger partial charge is 0.480 e. The second kappa shape index (κ2) is 8.41. The minimum absolute atomic E-state index is 0.128. The molecule has 0 saturated heterocycles. The van der Waals surface area contributed by atoms with Crippen LogP contribution < -0.4 is 5.32 Å². The van der Waals surface area contributed by atoms with E-state index in [0.717, 1.165) is 37.8 Å². The van der Waals surface area contributed by atoms with Crippen LogP contribution in [0.2, 0.25) is 0 Å². The van der Waals surface area contributed by atoms with Gasteiger partial charge in [0.05, 0.1) is 6.54 Å². The molecule has 2 N–H and O–H groups in total. The Balaban J connectivity index is 1.67. The predicted molar refractivity (Wildman–Crippen MR) is 89.0 cm³/mol. The molecule has 1 aliphatic rings. The lowest BCUT2D eigenvalue weighted by Gasteiger charge is -2.43. The fourth-order valence-electron chi connectivity index (χ4n) is 3.26. The maximum Gasteiger partial charge on any atom is 0.317 e. The molecule has 2 rings (SSSR count). The molecule has 0 bridgehead atoms. The molecule has 1 atom stereocenters. The van der Waals surface area contributed by atoms with Gasteiger partial charge in [-0.15, -0.1) is 0 Å². The van der Waals surface area contributed by atoms with Crippen LogP contribution in [0.15, 0.2) is 24.3 Å². The number of hydrogen-bond acceptors (Lipinski definition) is 3. The van der Waals surface area contributed by atoms with Gasteiger partial charge >= 0.3 is 5.97 Å². The zero-order chi connectivity index (χ0) is 16.8. The average molecular weight is 322 g/mol. The van der Waals surface area contributed by atoms with Crippen LogP contribution in [-0.4, -0.2) is 47.2 Å². The number of carbonyl (C=O) groups is 1. The van der Waals surface area contributed by atoms with E-state index in [9.17, 15) is 9.18 Å². The average Bonchev–Trinajstić information content (AvgIpc) is 2.46. The minimum atomic E-state index is -0.758. The number of carboxylic acids is 1. The van der Waals surface area contributed by atoms with Crippen LogP contribution in [0, 0.1) is 5.82 Å². The monoisotopic (exact) mass is 322 g/mol. The summed E-state index contributed by atoms with van der Waals surface area (Å²) >= 11 is 0. The van der Waals surface area contributed by atoms with E-state index in [2.05, 4.69) is 12.2 Å². The number of carboxylic acid groups (broad SMARTS) is 1. The van der Waals surface area contributed by atoms with Gasteiger partial charge in [0.25, 0.3) is 0 Å². The lowest BCUT2D eigenvalue weighted by molar-refractivity contribution is -0.139. The molecule has 0 aliphatic heterocycles. The van der Waals surface area contributed by atoms with Gasteiger partial charge in [0.15, 0.2) is 0 Å². The first kappa shape index (κ1) is 17.9. The quantitative estimate of drug-likeness (QED) is 0.734. The van der Waals surface area contributed by atoms with E-state index in [1.165, 1.54) is 6.07 Å². The van der Waals surface area contributed by atoms with Gasteiger partial charge in [-0.3, -0.25) is 9.69 Å². The molecule has 0 aromatic heterocycles. The fourth-order valence-corrected chi connectivity index (χ4v) is 3.26. The van der Waals surface area contributed by atoms with Gasteiger partial charge in [0.1, 0.15) is 5.82 Å². The number of benzene rings is 1. The van der Waals surface area contributed by atoms with E-state index < -0.39 is 5.97 Å². The Labute approximate surface area is 137 Å². The van der Waals surface area contributed by atoms with Gasteiger partial charge < -0.3 is 10.4 Å². The number of rotatable bonds is 9. The van der Waals surface area contributed by atoms with Crippen LogP contribution in [0.4, 0.5) is 4.39 Å². The third kappa shape index (κ3) is 5.59. The van der Waals surface area contributed by atoms with Crippen molar-refractivity contribution in [1.29, 1.82) is 0 Å². The predicted octanol–water partition coefficient (Wildman–Crippen LogP) is 2.67. The van der Waals surface area contributed by atoms with Crippen molar-refractivity contribution in [3.8, 4) is 0 Å². The second-order valence-electron chi connectivity index (χ2n) is 6.52. The summed E-state index contributed by atoms with van der Waals surface area (Å²) in [6, 6.07) is 7.99. The van der Waals surface area contributed by atoms with Gasteiger partial charge in [-0.05, 0) is 56.8 Å². The van der Waals surface area contributed by atoms with E-state index in [-0.39, 0.29) is 12.4 Å². The van der Waals surface area contributed by atoms with Crippen LogP contribution >= 0.6 is 0 Å². The maximum absolute atomic E-state index is 13.1. The Morgan fingerprint density at radius 1 is 1.48 bits per heavy atom. The first-order chi connectivity index (χ1) is 11.0. The molecule has 23 heavy (non-hydrogen) atoms. The van der Waals surface area contributed by atoms with Crippen molar-refractivity contribution in [2.75, 3.05) is 13.1 Å². The number of hydrogen-bond donors (Lipinski definition) is 2. The molecule has 0 amide bonds. The van der Waals surface area contributed by atoms with Crippen molar-refractivity contribution in [2.24, 2.45) is 0 Å². The van der Waals surface area contributed by atoms with E-state index in [1.807, 2.05) is 17.9 Å². The summed E-state index contributed by atoms with van der Waals surface area (Å²) in [5, 5.41) is 12.5. The Hall–Kier alpha value is -1.46. The number of halogens is 1. The SMILES string of the molecule is CCN(CC(=O)O)C1CC(NC(C)CCc2cccc(F)c2)C1. The normalized spacial score (nSPS) is 21.9. The first-order valence-corrected chi connectivity index (χ1v) is 8.44. The lowest BCUT2D eigenvalue weighted by atomic mass is 9.84.